The summed E-state index contributed by atoms with van der Waals surface area (Å²) in [4.78, 5) is 27.0. The van der Waals surface area contributed by atoms with E-state index in [9.17, 15) is 9.59 Å². The fourth-order valence-corrected chi connectivity index (χ4v) is 3.23. The van der Waals surface area contributed by atoms with Gasteiger partial charge >= 0.3 is 12.0 Å². The molecule has 0 aromatic rings. The Kier molecular flexibility index (Phi) is 3.80. The fourth-order valence-electron chi connectivity index (χ4n) is 3.23. The smallest absolute Gasteiger partial charge is 0.320 e. The van der Waals surface area contributed by atoms with Crippen LogP contribution in [0.2, 0.25) is 0 Å². The lowest BCUT2D eigenvalue weighted by atomic mass is 10.1. The van der Waals surface area contributed by atoms with Crippen LogP contribution in [-0.4, -0.2) is 78.0 Å². The average Bonchev–Trinajstić information content (AvgIpc) is 2.76. The van der Waals surface area contributed by atoms with Crippen LogP contribution in [0.25, 0.3) is 0 Å². The first-order chi connectivity index (χ1) is 9.63. The zero-order valence-electron chi connectivity index (χ0n) is 11.4. The molecule has 0 spiro atoms. The molecule has 112 valence electrons. The number of amides is 2. The van der Waals surface area contributed by atoms with Gasteiger partial charge in [-0.25, -0.2) is 4.79 Å². The molecule has 3 heterocycles. The largest absolute Gasteiger partial charge is 0.481 e. The van der Waals surface area contributed by atoms with Crippen molar-refractivity contribution in [1.29, 1.82) is 0 Å². The lowest BCUT2D eigenvalue weighted by molar-refractivity contribution is -0.139. The van der Waals surface area contributed by atoms with Crippen LogP contribution in [0.4, 0.5) is 4.79 Å². The molecular formula is C13H20N2O5. The van der Waals surface area contributed by atoms with E-state index in [-0.39, 0.29) is 30.7 Å². The van der Waals surface area contributed by atoms with Gasteiger partial charge in [0.15, 0.2) is 0 Å². The topological polar surface area (TPSA) is 79.3 Å². The second kappa shape index (κ2) is 5.57. The Morgan fingerprint density at radius 3 is 2.55 bits per heavy atom. The highest BCUT2D eigenvalue weighted by Crippen LogP contribution is 2.27. The van der Waals surface area contributed by atoms with Gasteiger partial charge in [-0.15, -0.1) is 0 Å². The van der Waals surface area contributed by atoms with Crippen LogP contribution in [0.1, 0.15) is 19.3 Å². The molecule has 3 saturated heterocycles. The zero-order valence-corrected chi connectivity index (χ0v) is 11.4. The predicted molar refractivity (Wildman–Crippen MR) is 68.4 cm³/mol. The van der Waals surface area contributed by atoms with E-state index in [2.05, 4.69) is 0 Å². The molecule has 3 aliphatic heterocycles. The SMILES string of the molecule is O=C(O)CC1COCCN1C(=O)N1CC2CCC(C1)O2. The monoisotopic (exact) mass is 284 g/mol. The van der Waals surface area contributed by atoms with Crippen LogP contribution >= 0.6 is 0 Å². The van der Waals surface area contributed by atoms with E-state index < -0.39 is 5.97 Å². The van der Waals surface area contributed by atoms with Gasteiger partial charge in [-0.3, -0.25) is 4.79 Å². The van der Waals surface area contributed by atoms with E-state index in [0.717, 1.165) is 12.8 Å². The highest BCUT2D eigenvalue weighted by atomic mass is 16.5. The number of nitrogens with zero attached hydrogens (tertiary/aromatic N) is 2. The first-order valence-corrected chi connectivity index (χ1v) is 7.14. The van der Waals surface area contributed by atoms with Crippen molar-refractivity contribution < 1.29 is 24.2 Å². The van der Waals surface area contributed by atoms with Crippen LogP contribution in [0.15, 0.2) is 0 Å². The second-order valence-corrected chi connectivity index (χ2v) is 5.67. The molecular weight excluding hydrogens is 264 g/mol. The van der Waals surface area contributed by atoms with Crippen LogP contribution < -0.4 is 0 Å². The maximum Gasteiger partial charge on any atom is 0.320 e. The third-order valence-electron chi connectivity index (χ3n) is 4.20. The highest BCUT2D eigenvalue weighted by molar-refractivity contribution is 5.76. The fraction of sp³-hybridized carbons (Fsp3) is 0.846. The molecule has 3 unspecified atom stereocenters. The van der Waals surface area contributed by atoms with Crippen LogP contribution in [0.5, 0.6) is 0 Å². The summed E-state index contributed by atoms with van der Waals surface area (Å²) in [7, 11) is 0. The number of carboxylic acid groups (broad SMARTS) is 1. The summed E-state index contributed by atoms with van der Waals surface area (Å²) in [5.74, 6) is -0.902. The van der Waals surface area contributed by atoms with Gasteiger partial charge in [-0.1, -0.05) is 0 Å². The van der Waals surface area contributed by atoms with Crippen molar-refractivity contribution in [2.24, 2.45) is 0 Å². The molecule has 0 radical (unpaired) electrons. The Balaban J connectivity index is 1.66. The maximum absolute atomic E-state index is 12.6. The number of carboxylic acids is 1. The molecule has 20 heavy (non-hydrogen) atoms. The molecule has 0 aromatic carbocycles. The number of carbonyl (C=O) groups excluding carboxylic acids is 1. The normalized spacial score (nSPS) is 33.3. The summed E-state index contributed by atoms with van der Waals surface area (Å²) in [5.41, 5.74) is 0. The van der Waals surface area contributed by atoms with Gasteiger partial charge in [0.2, 0.25) is 0 Å². The first kappa shape index (κ1) is 13.6. The number of hydrogen-bond acceptors (Lipinski definition) is 4. The zero-order chi connectivity index (χ0) is 14.1. The summed E-state index contributed by atoms with van der Waals surface area (Å²) in [6.07, 6.45) is 2.25. The lowest BCUT2D eigenvalue weighted by Gasteiger charge is -2.40. The molecule has 7 heteroatoms. The molecule has 2 bridgehead atoms. The minimum absolute atomic E-state index is 0.0665. The highest BCUT2D eigenvalue weighted by Gasteiger charge is 2.39. The summed E-state index contributed by atoms with van der Waals surface area (Å²) in [6.45, 7) is 2.47. The standard InChI is InChI=1S/C13H20N2O5/c16-12(17)5-9-8-19-4-3-15(9)13(18)14-6-10-1-2-11(7-14)20-10/h9-11H,1-8H2,(H,16,17). The van der Waals surface area contributed by atoms with Crippen molar-refractivity contribution in [3.8, 4) is 0 Å². The number of urea groups is 1. The molecule has 0 aromatic heterocycles. The van der Waals surface area contributed by atoms with E-state index >= 15 is 0 Å². The molecule has 2 amide bonds. The molecule has 3 rings (SSSR count). The molecule has 3 aliphatic rings. The van der Waals surface area contributed by atoms with Crippen LogP contribution in [0, 0.1) is 0 Å². The molecule has 7 nitrogen and oxygen atoms in total. The number of morpholine rings is 2. The summed E-state index contributed by atoms with van der Waals surface area (Å²) in [5, 5.41) is 8.94. The molecule has 3 atom stereocenters. The predicted octanol–water partition coefficient (Wildman–Crippen LogP) is 0.145. The molecule has 0 aliphatic carbocycles. The maximum atomic E-state index is 12.6. The summed E-state index contributed by atoms with van der Waals surface area (Å²) >= 11 is 0. The first-order valence-electron chi connectivity index (χ1n) is 7.14. The molecule has 3 fully saturated rings. The van der Waals surface area contributed by atoms with Gasteiger partial charge in [-0.05, 0) is 12.8 Å². The van der Waals surface area contributed by atoms with Crippen molar-refractivity contribution in [2.75, 3.05) is 32.8 Å². The average molecular weight is 284 g/mol. The summed E-state index contributed by atoms with van der Waals surface area (Å²) in [6, 6.07) is -0.436. The van der Waals surface area contributed by atoms with Gasteiger partial charge in [0.1, 0.15) is 0 Å². The van der Waals surface area contributed by atoms with Crippen molar-refractivity contribution in [3.05, 3.63) is 0 Å². The summed E-state index contributed by atoms with van der Waals surface area (Å²) < 4.78 is 11.0. The Morgan fingerprint density at radius 1 is 1.20 bits per heavy atom. The van der Waals surface area contributed by atoms with Crippen molar-refractivity contribution in [1.82, 2.24) is 9.80 Å². The van der Waals surface area contributed by atoms with E-state index in [4.69, 9.17) is 14.6 Å². The Bertz CT molecular complexity index is 390. The number of rotatable bonds is 2. The van der Waals surface area contributed by atoms with Gasteiger partial charge in [-0.2, -0.15) is 0 Å². The third kappa shape index (κ3) is 2.73. The lowest BCUT2D eigenvalue weighted by Crippen LogP contribution is -2.57. The number of likely N-dealkylation sites (tertiary alicyclic amines) is 1. The Labute approximate surface area is 117 Å². The van der Waals surface area contributed by atoms with E-state index in [1.807, 2.05) is 4.90 Å². The number of carbonyl (C=O) groups is 2. The van der Waals surface area contributed by atoms with E-state index in [1.54, 1.807) is 4.90 Å². The van der Waals surface area contributed by atoms with Crippen molar-refractivity contribution in [3.63, 3.8) is 0 Å². The molecule has 0 saturated carbocycles. The second-order valence-electron chi connectivity index (χ2n) is 5.67. The Morgan fingerprint density at radius 2 is 1.90 bits per heavy atom. The number of hydrogen-bond donors (Lipinski definition) is 1. The Hall–Kier alpha value is -1.34. The molecule has 1 N–H and O–H groups in total. The van der Waals surface area contributed by atoms with Crippen molar-refractivity contribution >= 4 is 12.0 Å². The van der Waals surface area contributed by atoms with Gasteiger partial charge in [0.05, 0.1) is 37.9 Å². The van der Waals surface area contributed by atoms with Crippen LogP contribution in [0.3, 0.4) is 0 Å². The quantitative estimate of drug-likeness (QED) is 0.780. The van der Waals surface area contributed by atoms with Crippen molar-refractivity contribution in [2.45, 2.75) is 37.5 Å². The third-order valence-corrected chi connectivity index (χ3v) is 4.20. The number of fused-ring (bicyclic) bond motifs is 2. The van der Waals surface area contributed by atoms with Gasteiger partial charge < -0.3 is 24.4 Å². The van der Waals surface area contributed by atoms with E-state index in [1.165, 1.54) is 0 Å². The van der Waals surface area contributed by atoms with E-state index in [0.29, 0.717) is 32.8 Å². The van der Waals surface area contributed by atoms with Gasteiger partial charge in [0.25, 0.3) is 0 Å². The number of ether oxygens (including phenoxy) is 2. The minimum Gasteiger partial charge on any atom is -0.481 e. The minimum atomic E-state index is -0.902. The van der Waals surface area contributed by atoms with Crippen LogP contribution in [-0.2, 0) is 14.3 Å². The number of aliphatic carboxylic acids is 1. The van der Waals surface area contributed by atoms with Gasteiger partial charge in [0, 0.05) is 19.6 Å².